The highest BCUT2D eigenvalue weighted by Gasteiger charge is 2.27. The number of alkyl halides is 1. The number of hydrogen-bond donors (Lipinski definition) is 0. The number of carbonyl (C=O) groups is 1. The van der Waals surface area contributed by atoms with Gasteiger partial charge in [0, 0.05) is 22.4 Å². The van der Waals surface area contributed by atoms with Crippen LogP contribution in [-0.4, -0.2) is 37.1 Å². The Hall–Kier alpha value is 0.190. The van der Waals surface area contributed by atoms with E-state index < -0.39 is 5.38 Å². The highest BCUT2D eigenvalue weighted by atomic mass is 79.9. The predicted octanol–water partition coefficient (Wildman–Crippen LogP) is 3.30. The molecule has 1 aromatic rings. The summed E-state index contributed by atoms with van der Waals surface area (Å²) < 4.78 is 6.58. The zero-order valence-corrected chi connectivity index (χ0v) is 12.7. The van der Waals surface area contributed by atoms with E-state index in [2.05, 4.69) is 15.9 Å². The van der Waals surface area contributed by atoms with Crippen LogP contribution in [0.2, 0.25) is 4.34 Å². The molecule has 1 saturated heterocycles. The van der Waals surface area contributed by atoms with Crippen LogP contribution in [0.5, 0.6) is 0 Å². The zero-order valence-electron chi connectivity index (χ0n) is 8.79. The molecular weight excluding hydrogens is 349 g/mol. The highest BCUT2D eigenvalue weighted by Crippen LogP contribution is 2.38. The van der Waals surface area contributed by atoms with Crippen LogP contribution < -0.4 is 0 Å². The van der Waals surface area contributed by atoms with Crippen molar-refractivity contribution in [2.45, 2.75) is 5.38 Å². The van der Waals surface area contributed by atoms with E-state index >= 15 is 0 Å². The second-order valence-corrected chi connectivity index (χ2v) is 6.55. The third-order valence-electron chi connectivity index (χ3n) is 2.45. The molecule has 1 aliphatic heterocycles. The van der Waals surface area contributed by atoms with Gasteiger partial charge in [-0.25, -0.2) is 0 Å². The zero-order chi connectivity index (χ0) is 12.4. The first kappa shape index (κ1) is 13.6. The first-order valence-electron chi connectivity index (χ1n) is 5.05. The molecule has 1 aliphatic rings. The molecule has 3 nitrogen and oxygen atoms in total. The number of rotatable bonds is 2. The average molecular weight is 359 g/mol. The SMILES string of the molecule is O=C(C(Cl)c1cc(Br)c(Cl)s1)N1CCOCC1. The lowest BCUT2D eigenvalue weighted by Gasteiger charge is -2.28. The molecule has 0 aromatic carbocycles. The van der Waals surface area contributed by atoms with Crippen molar-refractivity contribution in [3.05, 3.63) is 19.8 Å². The Balaban J connectivity index is 2.08. The molecule has 1 fully saturated rings. The minimum atomic E-state index is -0.665. The first-order chi connectivity index (χ1) is 8.09. The van der Waals surface area contributed by atoms with Crippen molar-refractivity contribution in [3.8, 4) is 0 Å². The van der Waals surface area contributed by atoms with Gasteiger partial charge in [-0.3, -0.25) is 4.79 Å². The first-order valence-corrected chi connectivity index (χ1v) is 7.47. The summed E-state index contributed by atoms with van der Waals surface area (Å²) in [5, 5.41) is -0.665. The van der Waals surface area contributed by atoms with Crippen molar-refractivity contribution in [1.82, 2.24) is 4.90 Å². The van der Waals surface area contributed by atoms with Crippen LogP contribution in [0.1, 0.15) is 10.3 Å². The standard InChI is InChI=1S/C10H10BrCl2NO2S/c11-6-5-7(17-9(6)13)8(12)10(15)14-1-3-16-4-2-14/h5,8H,1-4H2. The number of amides is 1. The van der Waals surface area contributed by atoms with Crippen molar-refractivity contribution in [3.63, 3.8) is 0 Å². The van der Waals surface area contributed by atoms with Crippen molar-refractivity contribution in [1.29, 1.82) is 0 Å². The Kier molecular flexibility index (Phi) is 4.72. The second kappa shape index (κ2) is 5.89. The van der Waals surface area contributed by atoms with E-state index in [0.29, 0.717) is 30.6 Å². The Morgan fingerprint density at radius 3 is 2.71 bits per heavy atom. The predicted molar refractivity (Wildman–Crippen MR) is 73.0 cm³/mol. The number of nitrogens with zero attached hydrogens (tertiary/aromatic N) is 1. The summed E-state index contributed by atoms with van der Waals surface area (Å²) in [4.78, 5) is 14.6. The topological polar surface area (TPSA) is 29.5 Å². The van der Waals surface area contributed by atoms with Crippen LogP contribution in [0, 0.1) is 0 Å². The van der Waals surface area contributed by atoms with Crippen molar-refractivity contribution in [2.75, 3.05) is 26.3 Å². The second-order valence-electron chi connectivity index (χ2n) is 3.57. The molecule has 17 heavy (non-hydrogen) atoms. The Morgan fingerprint density at radius 1 is 1.53 bits per heavy atom. The monoisotopic (exact) mass is 357 g/mol. The summed E-state index contributed by atoms with van der Waals surface area (Å²) in [6.45, 7) is 2.35. The van der Waals surface area contributed by atoms with E-state index in [1.165, 1.54) is 11.3 Å². The maximum Gasteiger partial charge on any atom is 0.246 e. The molecule has 0 bridgehead atoms. The third kappa shape index (κ3) is 3.15. The summed E-state index contributed by atoms with van der Waals surface area (Å²) in [7, 11) is 0. The van der Waals surface area contributed by atoms with Gasteiger partial charge in [-0.15, -0.1) is 22.9 Å². The Bertz CT molecular complexity index is 401. The Morgan fingerprint density at radius 2 is 2.18 bits per heavy atom. The average Bonchev–Trinajstić information content (AvgIpc) is 2.69. The highest BCUT2D eigenvalue weighted by molar-refractivity contribution is 9.10. The summed E-state index contributed by atoms with van der Waals surface area (Å²) in [5.74, 6) is -0.0830. The number of ether oxygens (including phenoxy) is 1. The van der Waals surface area contributed by atoms with Crippen molar-refractivity contribution in [2.24, 2.45) is 0 Å². The van der Waals surface area contributed by atoms with Gasteiger partial charge in [-0.1, -0.05) is 11.6 Å². The Labute approximate surface area is 122 Å². The van der Waals surface area contributed by atoms with Crippen LogP contribution in [0.25, 0.3) is 0 Å². The minimum absolute atomic E-state index is 0.0830. The maximum absolute atomic E-state index is 12.1. The quantitative estimate of drug-likeness (QED) is 0.759. The number of carbonyl (C=O) groups excluding carboxylic acids is 1. The van der Waals surface area contributed by atoms with Gasteiger partial charge < -0.3 is 9.64 Å². The molecule has 0 spiro atoms. The van der Waals surface area contributed by atoms with E-state index in [9.17, 15) is 4.79 Å². The van der Waals surface area contributed by atoms with Gasteiger partial charge in [0.15, 0.2) is 0 Å². The van der Waals surface area contributed by atoms with Crippen molar-refractivity contribution >= 4 is 56.4 Å². The third-order valence-corrected chi connectivity index (χ3v) is 5.54. The molecule has 1 amide bonds. The normalized spacial score (nSPS) is 18.2. The van der Waals surface area contributed by atoms with Gasteiger partial charge >= 0.3 is 0 Å². The molecule has 0 radical (unpaired) electrons. The number of thiophene rings is 1. The van der Waals surface area contributed by atoms with Crippen LogP contribution in [0.3, 0.4) is 0 Å². The summed E-state index contributed by atoms with van der Waals surface area (Å²) in [5.41, 5.74) is 0. The molecule has 94 valence electrons. The molecule has 0 aliphatic carbocycles. The van der Waals surface area contributed by atoms with Crippen molar-refractivity contribution < 1.29 is 9.53 Å². The molecule has 2 heterocycles. The molecule has 1 unspecified atom stereocenters. The lowest BCUT2D eigenvalue weighted by atomic mass is 10.3. The van der Waals surface area contributed by atoms with Gasteiger partial charge in [0.05, 0.1) is 13.2 Å². The van der Waals surface area contributed by atoms with Gasteiger partial charge in [-0.2, -0.15) is 0 Å². The minimum Gasteiger partial charge on any atom is -0.378 e. The van der Waals surface area contributed by atoms with Crippen LogP contribution in [-0.2, 0) is 9.53 Å². The van der Waals surface area contributed by atoms with E-state index in [4.69, 9.17) is 27.9 Å². The molecule has 1 atom stereocenters. The van der Waals surface area contributed by atoms with Crippen LogP contribution in [0.4, 0.5) is 0 Å². The van der Waals surface area contributed by atoms with Crippen LogP contribution >= 0.6 is 50.5 Å². The summed E-state index contributed by atoms with van der Waals surface area (Å²) in [6.07, 6.45) is 0. The fourth-order valence-electron chi connectivity index (χ4n) is 1.55. The van der Waals surface area contributed by atoms with Gasteiger partial charge in [0.1, 0.15) is 9.71 Å². The molecule has 0 saturated carbocycles. The molecule has 2 rings (SSSR count). The van der Waals surface area contributed by atoms with Gasteiger partial charge in [0.2, 0.25) is 5.91 Å². The maximum atomic E-state index is 12.1. The summed E-state index contributed by atoms with van der Waals surface area (Å²) in [6, 6.07) is 1.79. The lowest BCUT2D eigenvalue weighted by molar-refractivity contribution is -0.134. The lowest BCUT2D eigenvalue weighted by Crippen LogP contribution is -2.42. The van der Waals surface area contributed by atoms with Crippen LogP contribution in [0.15, 0.2) is 10.5 Å². The molecule has 1 aromatic heterocycles. The smallest absolute Gasteiger partial charge is 0.246 e. The number of morpholine rings is 1. The summed E-state index contributed by atoms with van der Waals surface area (Å²) >= 11 is 16.7. The van der Waals surface area contributed by atoms with E-state index in [1.54, 1.807) is 11.0 Å². The fourth-order valence-corrected chi connectivity index (χ4v) is 3.60. The molecular formula is C10H10BrCl2NO2S. The largest absolute Gasteiger partial charge is 0.378 e. The van der Waals surface area contributed by atoms with E-state index in [1.807, 2.05) is 0 Å². The number of halogens is 3. The fraction of sp³-hybridized carbons (Fsp3) is 0.500. The van der Waals surface area contributed by atoms with Gasteiger partial charge in [-0.05, 0) is 22.0 Å². The van der Waals surface area contributed by atoms with E-state index in [0.717, 1.165) is 9.35 Å². The molecule has 0 N–H and O–H groups in total. The van der Waals surface area contributed by atoms with Gasteiger partial charge in [0.25, 0.3) is 0 Å². The molecule has 7 heteroatoms. The number of hydrogen-bond acceptors (Lipinski definition) is 3. The van der Waals surface area contributed by atoms with E-state index in [-0.39, 0.29) is 5.91 Å².